The van der Waals surface area contributed by atoms with Crippen LogP contribution in [0.5, 0.6) is 0 Å². The van der Waals surface area contributed by atoms with E-state index in [1.165, 1.54) is 31.4 Å². The zero-order valence-electron chi connectivity index (χ0n) is 16.1. The molecule has 0 aliphatic rings. The Labute approximate surface area is 176 Å². The SMILES string of the molecule is COC(=O)c1ccc([Si](C)(C)C)c(I(OS(=O)(=O)C(F)(F)F)c2ccccc2)c1. The van der Waals surface area contributed by atoms with E-state index in [9.17, 15) is 26.4 Å². The van der Waals surface area contributed by atoms with Crippen LogP contribution in [-0.4, -0.2) is 35.1 Å². The third kappa shape index (κ3) is 5.58. The summed E-state index contributed by atoms with van der Waals surface area (Å²) < 4.78 is 73.2. The van der Waals surface area contributed by atoms with Crippen LogP contribution < -0.4 is 5.19 Å². The number of ether oxygens (including phenoxy) is 1. The molecule has 11 heteroatoms. The molecule has 0 bridgehead atoms. The zero-order chi connectivity index (χ0) is 22.0. The van der Waals surface area contributed by atoms with Gasteiger partial charge in [-0.3, -0.25) is 0 Å². The molecule has 2 rings (SSSR count). The van der Waals surface area contributed by atoms with Crippen LogP contribution in [0, 0.1) is 7.14 Å². The average Bonchev–Trinajstić information content (AvgIpc) is 2.64. The molecule has 0 aliphatic carbocycles. The molecule has 0 atom stereocenters. The van der Waals surface area contributed by atoms with Crippen molar-refractivity contribution in [2.75, 3.05) is 7.11 Å². The summed E-state index contributed by atoms with van der Waals surface area (Å²) in [5.41, 5.74) is -5.42. The van der Waals surface area contributed by atoms with Crippen molar-refractivity contribution >= 4 is 49.6 Å². The molecule has 0 spiro atoms. The molecule has 0 N–H and O–H groups in total. The third-order valence-electron chi connectivity index (χ3n) is 3.74. The van der Waals surface area contributed by atoms with Gasteiger partial charge < -0.3 is 0 Å². The number of esters is 1. The molecule has 2 aromatic rings. The van der Waals surface area contributed by atoms with E-state index in [2.05, 4.69) is 0 Å². The van der Waals surface area contributed by atoms with E-state index >= 15 is 0 Å². The van der Waals surface area contributed by atoms with E-state index in [1.807, 2.05) is 19.6 Å². The number of halogens is 4. The molecule has 0 amide bonds. The van der Waals surface area contributed by atoms with E-state index in [0.717, 1.165) is 5.19 Å². The Bertz CT molecular complexity index is 989. The van der Waals surface area contributed by atoms with Crippen LogP contribution >= 0.6 is 20.2 Å². The number of rotatable bonds is 6. The first kappa shape index (κ1) is 23.8. The van der Waals surface area contributed by atoms with E-state index in [4.69, 9.17) is 7.25 Å². The first-order valence-electron chi connectivity index (χ1n) is 8.27. The number of hydrogen-bond donors (Lipinski definition) is 0. The van der Waals surface area contributed by atoms with Gasteiger partial charge in [-0.2, -0.15) is 0 Å². The predicted molar refractivity (Wildman–Crippen MR) is 115 cm³/mol. The fourth-order valence-electron chi connectivity index (χ4n) is 2.35. The van der Waals surface area contributed by atoms with Crippen molar-refractivity contribution < 1.29 is 33.6 Å². The van der Waals surface area contributed by atoms with Gasteiger partial charge in [0.15, 0.2) is 0 Å². The van der Waals surface area contributed by atoms with E-state index in [-0.39, 0.29) is 5.56 Å². The summed E-state index contributed by atoms with van der Waals surface area (Å²) in [7, 11) is -6.77. The zero-order valence-corrected chi connectivity index (χ0v) is 20.1. The summed E-state index contributed by atoms with van der Waals surface area (Å²) >= 11 is -3.61. The van der Waals surface area contributed by atoms with Crippen LogP contribution in [0.15, 0.2) is 48.5 Å². The summed E-state index contributed by atoms with van der Waals surface area (Å²) in [6, 6.07) is 12.5. The van der Waals surface area contributed by atoms with Crippen LogP contribution in [-0.2, 0) is 17.4 Å². The van der Waals surface area contributed by atoms with Crippen molar-refractivity contribution in [3.8, 4) is 0 Å². The molecule has 2 aromatic carbocycles. The van der Waals surface area contributed by atoms with Gasteiger partial charge in [-0.25, -0.2) is 0 Å². The van der Waals surface area contributed by atoms with Crippen molar-refractivity contribution in [2.45, 2.75) is 25.1 Å². The van der Waals surface area contributed by atoms with E-state index in [0.29, 0.717) is 7.14 Å². The molecule has 0 heterocycles. The molecule has 0 fully saturated rings. The van der Waals surface area contributed by atoms with Gasteiger partial charge in [-0.1, -0.05) is 0 Å². The van der Waals surface area contributed by atoms with Crippen molar-refractivity contribution in [3.05, 3.63) is 61.2 Å². The van der Waals surface area contributed by atoms with Gasteiger partial charge >= 0.3 is 177 Å². The number of hydrogen-bond acceptors (Lipinski definition) is 5. The maximum atomic E-state index is 13.1. The topological polar surface area (TPSA) is 69.7 Å². The number of benzene rings is 2. The minimum atomic E-state index is -5.83. The molecule has 0 radical (unpaired) electrons. The second kappa shape index (κ2) is 8.74. The van der Waals surface area contributed by atoms with Gasteiger partial charge in [0, 0.05) is 0 Å². The van der Waals surface area contributed by atoms with Crippen LogP contribution in [0.3, 0.4) is 0 Å². The Morgan fingerprint density at radius 1 is 1.03 bits per heavy atom. The van der Waals surface area contributed by atoms with Crippen molar-refractivity contribution in [2.24, 2.45) is 0 Å². The summed E-state index contributed by atoms with van der Waals surface area (Å²) in [6.07, 6.45) is 0. The summed E-state index contributed by atoms with van der Waals surface area (Å²) in [6.45, 7) is 5.92. The standard InChI is InChI=1S/C18H20F3IO5SSi/c1-26-17(23)13-10-11-16(29(2,3)4)15(12-13)22(14-8-6-5-7-9-14)27-28(24,25)18(19,20)21/h5-12H,1-4H3. The summed E-state index contributed by atoms with van der Waals surface area (Å²) in [5.74, 6) is -0.670. The van der Waals surface area contributed by atoms with Crippen LogP contribution in [0.1, 0.15) is 10.4 Å². The first-order valence-corrected chi connectivity index (χ1v) is 16.2. The predicted octanol–water partition coefficient (Wildman–Crippen LogP) is 4.35. The molecular formula is C18H20F3IO5SSi. The number of alkyl halides is 3. The minimum absolute atomic E-state index is 0.121. The van der Waals surface area contributed by atoms with Crippen LogP contribution in [0.4, 0.5) is 13.2 Å². The van der Waals surface area contributed by atoms with E-state index < -0.39 is 49.9 Å². The second-order valence-electron chi connectivity index (χ2n) is 6.94. The fraction of sp³-hybridized carbons (Fsp3) is 0.278. The van der Waals surface area contributed by atoms with Gasteiger partial charge in [0.05, 0.1) is 0 Å². The molecule has 0 aromatic heterocycles. The molecular weight excluding hydrogens is 540 g/mol. The second-order valence-corrected chi connectivity index (χ2v) is 18.4. The monoisotopic (exact) mass is 560 g/mol. The maximum absolute atomic E-state index is 13.1. The Hall–Kier alpha value is -1.44. The molecule has 0 saturated heterocycles. The van der Waals surface area contributed by atoms with Crippen LogP contribution in [0.25, 0.3) is 0 Å². The van der Waals surface area contributed by atoms with Gasteiger partial charge in [0.2, 0.25) is 0 Å². The average molecular weight is 560 g/mol. The van der Waals surface area contributed by atoms with Crippen LogP contribution in [0.2, 0.25) is 19.6 Å². The number of carbonyl (C=O) groups is 1. The summed E-state index contributed by atoms with van der Waals surface area (Å²) in [5, 5.41) is 0.733. The van der Waals surface area contributed by atoms with Gasteiger partial charge in [0.1, 0.15) is 0 Å². The van der Waals surface area contributed by atoms with Gasteiger partial charge in [0.25, 0.3) is 0 Å². The molecule has 5 nitrogen and oxygen atoms in total. The first-order chi connectivity index (χ1) is 13.3. The van der Waals surface area contributed by atoms with Gasteiger partial charge in [-0.15, -0.1) is 0 Å². The van der Waals surface area contributed by atoms with Crippen molar-refractivity contribution in [1.82, 2.24) is 0 Å². The number of carbonyl (C=O) groups excluding carboxylic acids is 1. The third-order valence-corrected chi connectivity index (χ3v) is 13.5. The van der Waals surface area contributed by atoms with E-state index in [1.54, 1.807) is 24.3 Å². The van der Waals surface area contributed by atoms with Gasteiger partial charge in [-0.05, 0) is 0 Å². The Kier molecular flexibility index (Phi) is 7.18. The Morgan fingerprint density at radius 2 is 1.62 bits per heavy atom. The normalized spacial score (nSPS) is 13.1. The molecule has 29 heavy (non-hydrogen) atoms. The summed E-state index contributed by atoms with van der Waals surface area (Å²) in [4.78, 5) is 12.0. The quantitative estimate of drug-likeness (QED) is 0.228. The molecule has 0 aliphatic heterocycles. The number of methoxy groups -OCH3 is 1. The Morgan fingerprint density at radius 3 is 2.10 bits per heavy atom. The molecule has 0 saturated carbocycles. The fourth-order valence-corrected chi connectivity index (χ4v) is 13.4. The van der Waals surface area contributed by atoms with Crippen molar-refractivity contribution in [1.29, 1.82) is 0 Å². The Balaban J connectivity index is 2.77. The van der Waals surface area contributed by atoms with Crippen molar-refractivity contribution in [3.63, 3.8) is 0 Å². The molecule has 0 unspecified atom stereocenters. The molecule has 160 valence electrons.